The Labute approximate surface area is 112 Å². The van der Waals surface area contributed by atoms with Gasteiger partial charge in [0.2, 0.25) is 0 Å². The molecular formula is C13H17N3O3. The van der Waals surface area contributed by atoms with Crippen molar-refractivity contribution in [2.45, 2.75) is 6.42 Å². The highest BCUT2D eigenvalue weighted by Crippen LogP contribution is 2.14. The first-order chi connectivity index (χ1) is 9.21. The predicted molar refractivity (Wildman–Crippen MR) is 69.7 cm³/mol. The van der Waals surface area contributed by atoms with Gasteiger partial charge >= 0.3 is 5.97 Å². The molecule has 0 bridgehead atoms. The Bertz CT molecular complexity index is 457. The van der Waals surface area contributed by atoms with Crippen LogP contribution in [0.1, 0.15) is 12.1 Å². The van der Waals surface area contributed by atoms with E-state index in [0.29, 0.717) is 25.4 Å². The molecule has 0 aliphatic rings. The van der Waals surface area contributed by atoms with Crippen LogP contribution in [0.5, 0.6) is 0 Å². The van der Waals surface area contributed by atoms with E-state index in [4.69, 9.17) is 10.00 Å². The zero-order valence-electron chi connectivity index (χ0n) is 11.1. The lowest BCUT2D eigenvalue weighted by atomic mass is 10.2. The van der Waals surface area contributed by atoms with E-state index in [1.54, 1.807) is 25.4 Å². The molecule has 0 saturated carbocycles. The number of hydrogen-bond acceptors (Lipinski definition) is 6. The third kappa shape index (κ3) is 4.94. The molecule has 0 spiro atoms. The summed E-state index contributed by atoms with van der Waals surface area (Å²) in [6.45, 7) is 1.67. The highest BCUT2D eigenvalue weighted by molar-refractivity contribution is 5.70. The molecule has 1 heterocycles. The van der Waals surface area contributed by atoms with E-state index < -0.39 is 0 Å². The number of nitrogens with zero attached hydrogens (tertiary/aromatic N) is 3. The molecule has 0 radical (unpaired) electrons. The van der Waals surface area contributed by atoms with E-state index in [1.165, 1.54) is 7.11 Å². The predicted octanol–water partition coefficient (Wildman–Crippen LogP) is 0.969. The first-order valence-corrected chi connectivity index (χ1v) is 5.88. The van der Waals surface area contributed by atoms with E-state index in [9.17, 15) is 4.79 Å². The van der Waals surface area contributed by atoms with Gasteiger partial charge in [-0.2, -0.15) is 5.26 Å². The minimum Gasteiger partial charge on any atom is -0.469 e. The molecule has 1 aromatic heterocycles. The standard InChI is InChI=1S/C13H17N3O3/c1-18-8-7-16(6-4-13(17)19-2)12-3-5-15-11(9-12)10-14/h3,5,9H,4,6-8H2,1-2H3. The third-order valence-electron chi connectivity index (χ3n) is 2.60. The van der Waals surface area contributed by atoms with Crippen molar-refractivity contribution in [2.24, 2.45) is 0 Å². The molecule has 0 amide bonds. The molecule has 0 atom stereocenters. The number of rotatable bonds is 7. The Balaban J connectivity index is 2.76. The van der Waals surface area contributed by atoms with Gasteiger partial charge in [-0.1, -0.05) is 0 Å². The fourth-order valence-electron chi connectivity index (χ4n) is 1.58. The summed E-state index contributed by atoms with van der Waals surface area (Å²) in [6, 6.07) is 5.48. The molecule has 0 aliphatic heterocycles. The maximum Gasteiger partial charge on any atom is 0.307 e. The van der Waals surface area contributed by atoms with Crippen LogP contribution in [0.2, 0.25) is 0 Å². The van der Waals surface area contributed by atoms with Crippen molar-refractivity contribution in [3.63, 3.8) is 0 Å². The van der Waals surface area contributed by atoms with Gasteiger partial charge in [0.25, 0.3) is 0 Å². The Morgan fingerprint density at radius 3 is 2.89 bits per heavy atom. The molecule has 0 saturated heterocycles. The number of hydrogen-bond donors (Lipinski definition) is 0. The van der Waals surface area contributed by atoms with Gasteiger partial charge in [0, 0.05) is 32.1 Å². The molecular weight excluding hydrogens is 246 g/mol. The lowest BCUT2D eigenvalue weighted by molar-refractivity contribution is -0.140. The normalized spacial score (nSPS) is 9.74. The summed E-state index contributed by atoms with van der Waals surface area (Å²) in [5.41, 5.74) is 1.19. The topological polar surface area (TPSA) is 75.4 Å². The van der Waals surface area contributed by atoms with Crippen LogP contribution in [0, 0.1) is 11.3 Å². The molecule has 102 valence electrons. The van der Waals surface area contributed by atoms with Crippen LogP contribution in [0.15, 0.2) is 18.3 Å². The number of aromatic nitrogens is 1. The maximum absolute atomic E-state index is 11.2. The number of nitriles is 1. The highest BCUT2D eigenvalue weighted by atomic mass is 16.5. The number of anilines is 1. The zero-order chi connectivity index (χ0) is 14.1. The van der Waals surface area contributed by atoms with Crippen molar-refractivity contribution in [1.29, 1.82) is 5.26 Å². The molecule has 6 heteroatoms. The molecule has 0 aromatic carbocycles. The number of carbonyl (C=O) groups excluding carboxylic acids is 1. The fraction of sp³-hybridized carbons (Fsp3) is 0.462. The number of esters is 1. The van der Waals surface area contributed by atoms with Crippen LogP contribution in [0.25, 0.3) is 0 Å². The number of methoxy groups -OCH3 is 2. The van der Waals surface area contributed by atoms with Crippen LogP contribution in [0.4, 0.5) is 5.69 Å². The van der Waals surface area contributed by atoms with Crippen molar-refractivity contribution in [3.8, 4) is 6.07 Å². The van der Waals surface area contributed by atoms with Gasteiger partial charge in [0.1, 0.15) is 11.8 Å². The molecule has 0 N–H and O–H groups in total. The SMILES string of the molecule is COCCN(CCC(=O)OC)c1ccnc(C#N)c1. The molecule has 0 unspecified atom stereocenters. The quantitative estimate of drug-likeness (QED) is 0.682. The van der Waals surface area contributed by atoms with Gasteiger partial charge in [-0.3, -0.25) is 4.79 Å². The zero-order valence-corrected chi connectivity index (χ0v) is 11.1. The van der Waals surface area contributed by atoms with Crippen molar-refractivity contribution >= 4 is 11.7 Å². The summed E-state index contributed by atoms with van der Waals surface area (Å²) in [7, 11) is 2.98. The molecule has 6 nitrogen and oxygen atoms in total. The van der Waals surface area contributed by atoms with Crippen LogP contribution >= 0.6 is 0 Å². The first-order valence-electron chi connectivity index (χ1n) is 5.88. The average Bonchev–Trinajstić information content (AvgIpc) is 2.47. The summed E-state index contributed by atoms with van der Waals surface area (Å²) < 4.78 is 9.67. The lowest BCUT2D eigenvalue weighted by Gasteiger charge is -2.24. The first kappa shape index (κ1) is 14.9. The Morgan fingerprint density at radius 2 is 2.26 bits per heavy atom. The van der Waals surface area contributed by atoms with Gasteiger partial charge in [-0.05, 0) is 12.1 Å². The van der Waals surface area contributed by atoms with Crippen LogP contribution in [0.3, 0.4) is 0 Å². The van der Waals surface area contributed by atoms with Gasteiger partial charge in [0.05, 0.1) is 20.1 Å². The lowest BCUT2D eigenvalue weighted by Crippen LogP contribution is -2.30. The van der Waals surface area contributed by atoms with Gasteiger partial charge in [0.15, 0.2) is 0 Å². The highest BCUT2D eigenvalue weighted by Gasteiger charge is 2.10. The monoisotopic (exact) mass is 263 g/mol. The third-order valence-corrected chi connectivity index (χ3v) is 2.60. The summed E-state index contributed by atoms with van der Waals surface area (Å²) >= 11 is 0. The summed E-state index contributed by atoms with van der Waals surface area (Å²) in [4.78, 5) is 17.1. The van der Waals surface area contributed by atoms with Crippen molar-refractivity contribution in [3.05, 3.63) is 24.0 Å². The van der Waals surface area contributed by atoms with Crippen molar-refractivity contribution in [2.75, 3.05) is 38.8 Å². The van der Waals surface area contributed by atoms with E-state index in [2.05, 4.69) is 9.72 Å². The minimum atomic E-state index is -0.267. The Hall–Kier alpha value is -2.13. The molecule has 1 aromatic rings. The maximum atomic E-state index is 11.2. The second-order valence-corrected chi connectivity index (χ2v) is 3.82. The van der Waals surface area contributed by atoms with Crippen LogP contribution in [-0.2, 0) is 14.3 Å². The van der Waals surface area contributed by atoms with Gasteiger partial charge < -0.3 is 14.4 Å². The molecule has 0 fully saturated rings. The summed E-state index contributed by atoms with van der Waals surface area (Å²) in [5.74, 6) is -0.267. The Morgan fingerprint density at radius 1 is 1.47 bits per heavy atom. The number of carbonyl (C=O) groups is 1. The summed E-state index contributed by atoms with van der Waals surface area (Å²) in [6.07, 6.45) is 1.86. The van der Waals surface area contributed by atoms with E-state index in [0.717, 1.165) is 5.69 Å². The van der Waals surface area contributed by atoms with Gasteiger partial charge in [-0.25, -0.2) is 4.98 Å². The Kier molecular flexibility index (Phi) is 6.33. The average molecular weight is 263 g/mol. The number of ether oxygens (including phenoxy) is 2. The van der Waals surface area contributed by atoms with E-state index >= 15 is 0 Å². The van der Waals surface area contributed by atoms with Crippen LogP contribution < -0.4 is 4.90 Å². The molecule has 0 aliphatic carbocycles. The second-order valence-electron chi connectivity index (χ2n) is 3.82. The van der Waals surface area contributed by atoms with E-state index in [-0.39, 0.29) is 12.4 Å². The fourth-order valence-corrected chi connectivity index (χ4v) is 1.58. The second kappa shape index (κ2) is 8.06. The molecule has 19 heavy (non-hydrogen) atoms. The molecule has 1 rings (SSSR count). The van der Waals surface area contributed by atoms with E-state index in [1.807, 2.05) is 11.0 Å². The number of pyridine rings is 1. The van der Waals surface area contributed by atoms with Gasteiger partial charge in [-0.15, -0.1) is 0 Å². The van der Waals surface area contributed by atoms with Crippen molar-refractivity contribution < 1.29 is 14.3 Å². The summed E-state index contributed by atoms with van der Waals surface area (Å²) in [5, 5.41) is 8.85. The van der Waals surface area contributed by atoms with Crippen LogP contribution in [-0.4, -0.2) is 44.9 Å². The minimum absolute atomic E-state index is 0.267. The smallest absolute Gasteiger partial charge is 0.307 e. The van der Waals surface area contributed by atoms with Crippen molar-refractivity contribution in [1.82, 2.24) is 4.98 Å². The largest absolute Gasteiger partial charge is 0.469 e.